The summed E-state index contributed by atoms with van der Waals surface area (Å²) < 4.78 is 17.1. The minimum Gasteiger partial charge on any atom is -0.369 e. The van der Waals surface area contributed by atoms with Gasteiger partial charge in [0.05, 0.1) is 24.0 Å². The van der Waals surface area contributed by atoms with Crippen LogP contribution in [0.1, 0.15) is 36.6 Å². The highest BCUT2D eigenvalue weighted by atomic mass is 19.1. The molecule has 0 bridgehead atoms. The quantitative estimate of drug-likeness (QED) is 0.483. The van der Waals surface area contributed by atoms with Crippen molar-refractivity contribution in [3.8, 4) is 11.3 Å². The summed E-state index contributed by atoms with van der Waals surface area (Å²) in [6, 6.07) is 12.2. The van der Waals surface area contributed by atoms with Gasteiger partial charge in [0, 0.05) is 5.56 Å². The molecule has 0 spiro atoms. The zero-order chi connectivity index (χ0) is 22.0. The lowest BCUT2D eigenvalue weighted by atomic mass is 10.1. The van der Waals surface area contributed by atoms with Crippen LogP contribution >= 0.6 is 0 Å². The number of hydrogen-bond acceptors (Lipinski definition) is 6. The summed E-state index contributed by atoms with van der Waals surface area (Å²) in [5, 5.41) is 19.2. The van der Waals surface area contributed by atoms with Crippen molar-refractivity contribution >= 4 is 17.0 Å². The Kier molecular flexibility index (Phi) is 4.00. The Hall–Kier alpha value is -3.59. The number of aryl methyl sites for hydroxylation is 1. The first kappa shape index (κ1) is 19.1. The lowest BCUT2D eigenvalue weighted by Gasteiger charge is -2.22. The van der Waals surface area contributed by atoms with Crippen molar-refractivity contribution in [2.75, 3.05) is 5.32 Å². The van der Waals surface area contributed by atoms with Crippen molar-refractivity contribution in [3.63, 3.8) is 0 Å². The topological polar surface area (TPSA) is 97.9 Å². The van der Waals surface area contributed by atoms with Gasteiger partial charge in [-0.05, 0) is 43.9 Å². The molecular formula is C23H21FN6O2. The standard InChI is InChI=1S/C23H21FN6O2/c1-13-19-20(30-17-5-3-11-23(17,32)27-22(30)26-21(19)31)28-29(13)12-14-7-9-15(10-8-14)16-4-2-6-18(24)25-16/h2,4,6-10,17,32H,3,5,11-12H2,1H3,(H,26,27,31)/t17-,23-/m0/s1. The normalized spacial score (nSPS) is 21.5. The second-order valence-corrected chi connectivity index (χ2v) is 8.55. The minimum absolute atomic E-state index is 0.186. The molecule has 0 saturated heterocycles. The summed E-state index contributed by atoms with van der Waals surface area (Å²) in [6.07, 6.45) is 2.31. The van der Waals surface area contributed by atoms with Crippen LogP contribution in [0.15, 0.2) is 47.3 Å². The first-order valence-corrected chi connectivity index (χ1v) is 10.6. The lowest BCUT2D eigenvalue weighted by molar-refractivity contribution is 0.0526. The molecular weight excluding hydrogens is 411 g/mol. The van der Waals surface area contributed by atoms with Gasteiger partial charge < -0.3 is 10.4 Å². The monoisotopic (exact) mass is 432 g/mol. The van der Waals surface area contributed by atoms with Crippen molar-refractivity contribution in [2.45, 2.75) is 44.5 Å². The molecule has 1 saturated carbocycles. The molecule has 1 aliphatic carbocycles. The fourth-order valence-electron chi connectivity index (χ4n) is 4.97. The number of fused-ring (bicyclic) bond motifs is 5. The SMILES string of the molecule is Cc1c2c(=O)nc3n(c2nn1Cc1ccc(-c2cccc(F)n2)cc1)[C@H]1CCC[C@@]1(O)N3. The van der Waals surface area contributed by atoms with Gasteiger partial charge in [-0.15, -0.1) is 0 Å². The number of pyridine rings is 1. The molecule has 4 aromatic rings. The third kappa shape index (κ3) is 2.77. The fraction of sp³-hybridized carbons (Fsp3) is 0.304. The van der Waals surface area contributed by atoms with Gasteiger partial charge in [-0.2, -0.15) is 14.5 Å². The Morgan fingerprint density at radius 3 is 2.81 bits per heavy atom. The predicted octanol–water partition coefficient (Wildman–Crippen LogP) is 2.99. The molecule has 3 aromatic heterocycles. The molecule has 1 fully saturated rings. The first-order chi connectivity index (χ1) is 15.4. The van der Waals surface area contributed by atoms with Crippen molar-refractivity contribution in [1.29, 1.82) is 0 Å². The zero-order valence-electron chi connectivity index (χ0n) is 17.4. The van der Waals surface area contributed by atoms with E-state index < -0.39 is 11.7 Å². The first-order valence-electron chi connectivity index (χ1n) is 10.6. The Labute approximate surface area is 182 Å². The van der Waals surface area contributed by atoms with Gasteiger partial charge in [-0.25, -0.2) is 4.98 Å². The Balaban J connectivity index is 1.38. The van der Waals surface area contributed by atoms with Gasteiger partial charge in [0.1, 0.15) is 5.39 Å². The van der Waals surface area contributed by atoms with E-state index in [0.717, 1.165) is 29.7 Å². The molecule has 32 heavy (non-hydrogen) atoms. The molecule has 2 N–H and O–H groups in total. The molecule has 0 amide bonds. The maximum absolute atomic E-state index is 13.4. The summed E-state index contributed by atoms with van der Waals surface area (Å²) in [5.74, 6) is -0.132. The summed E-state index contributed by atoms with van der Waals surface area (Å²) in [7, 11) is 0. The molecule has 162 valence electrons. The van der Waals surface area contributed by atoms with E-state index in [-0.39, 0.29) is 11.6 Å². The fourth-order valence-corrected chi connectivity index (χ4v) is 4.97. The molecule has 2 atom stereocenters. The smallest absolute Gasteiger partial charge is 0.285 e. The average molecular weight is 432 g/mol. The number of benzene rings is 1. The summed E-state index contributed by atoms with van der Waals surface area (Å²) >= 11 is 0. The number of aromatic nitrogens is 5. The number of anilines is 1. The summed E-state index contributed by atoms with van der Waals surface area (Å²) in [6.45, 7) is 2.33. The predicted molar refractivity (Wildman–Crippen MR) is 117 cm³/mol. The number of nitrogens with one attached hydrogen (secondary N) is 1. The highest BCUT2D eigenvalue weighted by Gasteiger charge is 2.49. The molecule has 2 aliphatic rings. The second kappa shape index (κ2) is 6.70. The van der Waals surface area contributed by atoms with E-state index in [9.17, 15) is 14.3 Å². The molecule has 4 heterocycles. The molecule has 9 heteroatoms. The summed E-state index contributed by atoms with van der Waals surface area (Å²) in [4.78, 5) is 20.8. The number of rotatable bonds is 3. The van der Waals surface area contributed by atoms with Gasteiger partial charge in [-0.1, -0.05) is 30.3 Å². The van der Waals surface area contributed by atoms with Crippen LogP contribution in [0.2, 0.25) is 0 Å². The van der Waals surface area contributed by atoms with E-state index in [4.69, 9.17) is 5.10 Å². The van der Waals surface area contributed by atoms with E-state index in [1.807, 2.05) is 35.8 Å². The van der Waals surface area contributed by atoms with Crippen LogP contribution in [-0.2, 0) is 6.54 Å². The third-order valence-electron chi connectivity index (χ3n) is 6.59. The van der Waals surface area contributed by atoms with Gasteiger partial charge in [0.15, 0.2) is 11.4 Å². The molecule has 0 radical (unpaired) electrons. The average Bonchev–Trinajstić information content (AvgIpc) is 3.37. The highest BCUT2D eigenvalue weighted by molar-refractivity contribution is 5.79. The maximum Gasteiger partial charge on any atom is 0.285 e. The van der Waals surface area contributed by atoms with Gasteiger partial charge in [-0.3, -0.25) is 14.0 Å². The van der Waals surface area contributed by atoms with Crippen LogP contribution in [0.4, 0.5) is 10.3 Å². The minimum atomic E-state index is -1.07. The zero-order valence-corrected chi connectivity index (χ0v) is 17.4. The molecule has 6 rings (SSSR count). The summed E-state index contributed by atoms with van der Waals surface area (Å²) in [5.41, 5.74) is 2.24. The lowest BCUT2D eigenvalue weighted by Crippen LogP contribution is -2.36. The number of nitrogens with zero attached hydrogens (tertiary/aromatic N) is 5. The van der Waals surface area contributed by atoms with E-state index in [1.165, 1.54) is 6.07 Å². The molecule has 0 unspecified atom stereocenters. The van der Waals surface area contributed by atoms with E-state index in [1.54, 1.807) is 16.8 Å². The Morgan fingerprint density at radius 2 is 2.03 bits per heavy atom. The maximum atomic E-state index is 13.4. The third-order valence-corrected chi connectivity index (χ3v) is 6.59. The van der Waals surface area contributed by atoms with Crippen LogP contribution in [0.25, 0.3) is 22.3 Å². The van der Waals surface area contributed by atoms with Crippen molar-refractivity contribution in [1.82, 2.24) is 24.3 Å². The molecule has 1 aliphatic heterocycles. The number of halogens is 1. The Morgan fingerprint density at radius 1 is 1.22 bits per heavy atom. The van der Waals surface area contributed by atoms with Crippen LogP contribution in [-0.4, -0.2) is 35.1 Å². The van der Waals surface area contributed by atoms with Crippen molar-refractivity contribution in [2.24, 2.45) is 0 Å². The van der Waals surface area contributed by atoms with Gasteiger partial charge >= 0.3 is 0 Å². The van der Waals surface area contributed by atoms with Gasteiger partial charge in [0.25, 0.3) is 5.56 Å². The van der Waals surface area contributed by atoms with Gasteiger partial charge in [0.2, 0.25) is 11.9 Å². The molecule has 8 nitrogen and oxygen atoms in total. The highest BCUT2D eigenvalue weighted by Crippen LogP contribution is 2.46. The number of hydrogen-bond donors (Lipinski definition) is 2. The van der Waals surface area contributed by atoms with E-state index >= 15 is 0 Å². The second-order valence-electron chi connectivity index (χ2n) is 8.55. The van der Waals surface area contributed by atoms with Crippen LogP contribution in [0, 0.1) is 12.9 Å². The van der Waals surface area contributed by atoms with Crippen LogP contribution in [0.3, 0.4) is 0 Å². The Bertz CT molecular complexity index is 1430. The molecule has 1 aromatic carbocycles. The van der Waals surface area contributed by atoms with Crippen LogP contribution < -0.4 is 10.9 Å². The number of aliphatic hydroxyl groups is 1. The van der Waals surface area contributed by atoms with Crippen LogP contribution in [0.5, 0.6) is 0 Å². The van der Waals surface area contributed by atoms with E-state index in [2.05, 4.69) is 15.3 Å². The van der Waals surface area contributed by atoms with Crippen molar-refractivity contribution in [3.05, 3.63) is 70.0 Å². The largest absolute Gasteiger partial charge is 0.369 e. The van der Waals surface area contributed by atoms with Crippen molar-refractivity contribution < 1.29 is 9.50 Å². The van der Waals surface area contributed by atoms with E-state index in [0.29, 0.717) is 35.6 Å².